The van der Waals surface area contributed by atoms with Crippen LogP contribution >= 0.6 is 0 Å². The number of aryl methyl sites for hydroxylation is 1. The van der Waals surface area contributed by atoms with E-state index in [1.807, 2.05) is 18.2 Å². The Hall–Kier alpha value is -3.44. The molecule has 3 aromatic rings. The number of aliphatic hydroxyl groups is 1. The van der Waals surface area contributed by atoms with Crippen molar-refractivity contribution in [3.63, 3.8) is 0 Å². The molecule has 0 radical (unpaired) electrons. The summed E-state index contributed by atoms with van der Waals surface area (Å²) in [5, 5.41) is 9.64. The summed E-state index contributed by atoms with van der Waals surface area (Å²) >= 11 is 0. The number of aliphatic hydroxyl groups excluding tert-OH is 1. The second kappa shape index (κ2) is 12.9. The molecular formula is C30H33FO4. The fourth-order valence-corrected chi connectivity index (χ4v) is 3.77. The van der Waals surface area contributed by atoms with E-state index < -0.39 is 5.97 Å². The van der Waals surface area contributed by atoms with Crippen LogP contribution < -0.4 is 4.74 Å². The topological polar surface area (TPSA) is 55.8 Å². The van der Waals surface area contributed by atoms with Crippen LogP contribution in [0.25, 0.3) is 22.3 Å². The standard InChI is InChI=1S/C30H33FO4/c1-4-5-6-7-22-8-10-23(11-9-22)24-14-15-27(28(31)18-24)25-12-13-26(20-32)29(19-25)34-16-17-35-30(33)21(2)3/h8-15,18-19,32H,2,4-7,16-17,20H2,1,3H3. The van der Waals surface area contributed by atoms with Gasteiger partial charge in [-0.25, -0.2) is 9.18 Å². The predicted octanol–water partition coefficient (Wildman–Crippen LogP) is 6.88. The molecule has 4 nitrogen and oxygen atoms in total. The third kappa shape index (κ3) is 7.27. The second-order valence-electron chi connectivity index (χ2n) is 8.59. The minimum Gasteiger partial charge on any atom is -0.490 e. The molecule has 0 fully saturated rings. The van der Waals surface area contributed by atoms with Crippen LogP contribution in [0.3, 0.4) is 0 Å². The van der Waals surface area contributed by atoms with E-state index in [1.54, 1.807) is 37.3 Å². The molecule has 5 heteroatoms. The van der Waals surface area contributed by atoms with E-state index in [0.29, 0.717) is 28.0 Å². The van der Waals surface area contributed by atoms with Gasteiger partial charge in [0, 0.05) is 16.7 Å². The maximum atomic E-state index is 15.1. The molecular weight excluding hydrogens is 443 g/mol. The van der Waals surface area contributed by atoms with Gasteiger partial charge < -0.3 is 14.6 Å². The predicted molar refractivity (Wildman–Crippen MR) is 138 cm³/mol. The lowest BCUT2D eigenvalue weighted by molar-refractivity contribution is -0.139. The lowest BCUT2D eigenvalue weighted by Crippen LogP contribution is -2.13. The Bertz CT molecular complexity index is 1150. The van der Waals surface area contributed by atoms with Gasteiger partial charge >= 0.3 is 5.97 Å². The number of ether oxygens (including phenoxy) is 2. The number of rotatable bonds is 12. The van der Waals surface area contributed by atoms with E-state index in [2.05, 4.69) is 25.6 Å². The molecule has 0 amide bonds. The summed E-state index contributed by atoms with van der Waals surface area (Å²) in [6.45, 7) is 7.22. The highest BCUT2D eigenvalue weighted by Crippen LogP contribution is 2.32. The molecule has 0 saturated heterocycles. The highest BCUT2D eigenvalue weighted by Gasteiger charge is 2.12. The van der Waals surface area contributed by atoms with Crippen LogP contribution in [-0.4, -0.2) is 24.3 Å². The molecule has 35 heavy (non-hydrogen) atoms. The van der Waals surface area contributed by atoms with E-state index in [0.717, 1.165) is 17.5 Å². The highest BCUT2D eigenvalue weighted by atomic mass is 19.1. The third-order valence-corrected chi connectivity index (χ3v) is 5.80. The van der Waals surface area contributed by atoms with Crippen molar-refractivity contribution in [3.05, 3.63) is 89.8 Å². The summed E-state index contributed by atoms with van der Waals surface area (Å²) in [4.78, 5) is 11.5. The van der Waals surface area contributed by atoms with Crippen molar-refractivity contribution in [2.45, 2.75) is 46.1 Å². The van der Waals surface area contributed by atoms with Crippen LogP contribution in [0.15, 0.2) is 72.8 Å². The van der Waals surface area contributed by atoms with Crippen LogP contribution in [0.4, 0.5) is 4.39 Å². The van der Waals surface area contributed by atoms with Gasteiger partial charge in [-0.15, -0.1) is 0 Å². The Morgan fingerprint density at radius 1 is 0.943 bits per heavy atom. The van der Waals surface area contributed by atoms with Gasteiger partial charge in [-0.1, -0.05) is 74.9 Å². The first-order valence-corrected chi connectivity index (χ1v) is 12.0. The molecule has 1 N–H and O–H groups in total. The molecule has 0 aromatic heterocycles. The van der Waals surface area contributed by atoms with Crippen LogP contribution in [0.5, 0.6) is 5.75 Å². The van der Waals surface area contributed by atoms with Gasteiger partial charge in [0.25, 0.3) is 0 Å². The first-order chi connectivity index (χ1) is 16.9. The SMILES string of the molecule is C=C(C)C(=O)OCCOc1cc(-c2ccc(-c3ccc(CCCCC)cc3)cc2F)ccc1CO. The second-order valence-corrected chi connectivity index (χ2v) is 8.59. The van der Waals surface area contributed by atoms with E-state index in [1.165, 1.54) is 24.8 Å². The number of hydrogen-bond acceptors (Lipinski definition) is 4. The molecule has 0 atom stereocenters. The van der Waals surface area contributed by atoms with Crippen molar-refractivity contribution < 1.29 is 23.8 Å². The molecule has 0 aliphatic rings. The van der Waals surface area contributed by atoms with Gasteiger partial charge in [-0.3, -0.25) is 0 Å². The normalized spacial score (nSPS) is 10.7. The molecule has 0 aliphatic heterocycles. The molecule has 3 rings (SSSR count). The van der Waals surface area contributed by atoms with Crippen LogP contribution in [-0.2, 0) is 22.6 Å². The molecule has 0 unspecified atom stereocenters. The van der Waals surface area contributed by atoms with Gasteiger partial charge in [0.05, 0.1) is 6.61 Å². The summed E-state index contributed by atoms with van der Waals surface area (Å²) in [7, 11) is 0. The molecule has 3 aromatic carbocycles. The lowest BCUT2D eigenvalue weighted by atomic mass is 9.97. The number of hydrogen-bond donors (Lipinski definition) is 1. The smallest absolute Gasteiger partial charge is 0.333 e. The average Bonchev–Trinajstić information content (AvgIpc) is 2.87. The quantitative estimate of drug-likeness (QED) is 0.176. The Labute approximate surface area is 207 Å². The lowest BCUT2D eigenvalue weighted by Gasteiger charge is -2.13. The first-order valence-electron chi connectivity index (χ1n) is 12.0. The average molecular weight is 477 g/mol. The molecule has 0 aliphatic carbocycles. The van der Waals surface area contributed by atoms with Gasteiger partial charge in [0.15, 0.2) is 0 Å². The summed E-state index contributed by atoms with van der Waals surface area (Å²) in [6, 6.07) is 18.7. The Kier molecular flexibility index (Phi) is 9.62. The fourth-order valence-electron chi connectivity index (χ4n) is 3.77. The van der Waals surface area contributed by atoms with Crippen molar-refractivity contribution in [1.82, 2.24) is 0 Å². The first kappa shape index (κ1) is 26.2. The zero-order valence-electron chi connectivity index (χ0n) is 20.5. The van der Waals surface area contributed by atoms with Gasteiger partial charge in [0.1, 0.15) is 24.8 Å². The summed E-state index contributed by atoms with van der Waals surface area (Å²) in [6.07, 6.45) is 4.67. The molecule has 0 spiro atoms. The maximum absolute atomic E-state index is 15.1. The molecule has 0 bridgehead atoms. The zero-order valence-corrected chi connectivity index (χ0v) is 20.5. The van der Waals surface area contributed by atoms with E-state index in [-0.39, 0.29) is 25.6 Å². The van der Waals surface area contributed by atoms with E-state index >= 15 is 4.39 Å². The number of carbonyl (C=O) groups excluding carboxylic acids is 1. The van der Waals surface area contributed by atoms with Crippen molar-refractivity contribution >= 4 is 5.97 Å². The maximum Gasteiger partial charge on any atom is 0.333 e. The van der Waals surface area contributed by atoms with Crippen molar-refractivity contribution in [1.29, 1.82) is 0 Å². The number of carbonyl (C=O) groups is 1. The Balaban J connectivity index is 1.73. The van der Waals surface area contributed by atoms with E-state index in [9.17, 15) is 9.90 Å². The minimum absolute atomic E-state index is 0.0429. The fraction of sp³-hybridized carbons (Fsp3) is 0.300. The van der Waals surface area contributed by atoms with Gasteiger partial charge in [0.2, 0.25) is 0 Å². The van der Waals surface area contributed by atoms with Gasteiger partial charge in [-0.05, 0) is 54.2 Å². The van der Waals surface area contributed by atoms with E-state index in [4.69, 9.17) is 9.47 Å². The van der Waals surface area contributed by atoms with Crippen molar-refractivity contribution in [3.8, 4) is 28.0 Å². The summed E-state index contributed by atoms with van der Waals surface area (Å²) < 4.78 is 25.9. The molecule has 0 saturated carbocycles. The number of halogens is 1. The number of esters is 1. The highest BCUT2D eigenvalue weighted by molar-refractivity contribution is 5.86. The zero-order chi connectivity index (χ0) is 25.2. The van der Waals surface area contributed by atoms with Crippen molar-refractivity contribution in [2.75, 3.05) is 13.2 Å². The van der Waals surface area contributed by atoms with Crippen LogP contribution in [0.1, 0.15) is 44.2 Å². The Morgan fingerprint density at radius 3 is 2.31 bits per heavy atom. The third-order valence-electron chi connectivity index (χ3n) is 5.80. The summed E-state index contributed by atoms with van der Waals surface area (Å²) in [5.41, 5.74) is 5.03. The van der Waals surface area contributed by atoms with Crippen molar-refractivity contribution in [2.24, 2.45) is 0 Å². The van der Waals surface area contributed by atoms with Crippen LogP contribution in [0, 0.1) is 5.82 Å². The molecule has 184 valence electrons. The summed E-state index contributed by atoms with van der Waals surface area (Å²) in [5.74, 6) is -0.413. The largest absolute Gasteiger partial charge is 0.490 e. The minimum atomic E-state index is -0.488. The molecule has 0 heterocycles. The Morgan fingerprint density at radius 2 is 1.66 bits per heavy atom. The number of benzene rings is 3. The monoisotopic (exact) mass is 476 g/mol. The van der Waals surface area contributed by atoms with Crippen LogP contribution in [0.2, 0.25) is 0 Å². The number of unbranched alkanes of at least 4 members (excludes halogenated alkanes) is 2. The van der Waals surface area contributed by atoms with Gasteiger partial charge in [-0.2, -0.15) is 0 Å².